The Kier molecular flexibility index (Phi) is 6.74. The molecule has 0 aromatic heterocycles. The van der Waals surface area contributed by atoms with Crippen LogP contribution in [0.3, 0.4) is 0 Å². The van der Waals surface area contributed by atoms with E-state index in [0.29, 0.717) is 19.3 Å². The highest BCUT2D eigenvalue weighted by Gasteiger charge is 2.48. The van der Waals surface area contributed by atoms with Crippen LogP contribution >= 0.6 is 30.4 Å². The number of fused-ring (bicyclic) bond motifs is 1. The van der Waals surface area contributed by atoms with Gasteiger partial charge in [-0.2, -0.15) is 0 Å². The fourth-order valence-corrected chi connectivity index (χ4v) is 4.25. The fraction of sp³-hybridized carbons (Fsp3) is 0.769. The fourth-order valence-electron chi connectivity index (χ4n) is 3.14. The lowest BCUT2D eigenvalue weighted by molar-refractivity contribution is -0.491. The van der Waals surface area contributed by atoms with Crippen LogP contribution in [0.25, 0.3) is 0 Å². The molecule has 1 heterocycles. The van der Waals surface area contributed by atoms with Crippen molar-refractivity contribution in [1.29, 1.82) is 0 Å². The Morgan fingerprint density at radius 1 is 1.52 bits per heavy atom. The minimum Gasteiger partial charge on any atom is -0.462 e. The topological polar surface area (TPSA) is 78.7 Å². The number of ether oxygens (including phenoxy) is 1. The Balaban J connectivity index is 2.17. The molecule has 0 aromatic rings. The second-order valence-corrected chi connectivity index (χ2v) is 6.80. The molecule has 0 saturated heterocycles. The van der Waals surface area contributed by atoms with Gasteiger partial charge in [0.1, 0.15) is 6.10 Å². The van der Waals surface area contributed by atoms with Crippen LogP contribution in [0.4, 0.5) is 0 Å². The summed E-state index contributed by atoms with van der Waals surface area (Å²) in [5, 5.41) is 10.9. The molecule has 0 N–H and O–H groups in total. The molecule has 0 spiro atoms. The van der Waals surface area contributed by atoms with Crippen molar-refractivity contribution >= 4 is 36.4 Å². The van der Waals surface area contributed by atoms with Crippen LogP contribution in [0, 0.1) is 22.0 Å². The number of carbonyl (C=O) groups excluding carboxylic acids is 1. The average Bonchev–Trinajstić information content (AvgIpc) is 2.72. The molecule has 4 atom stereocenters. The second kappa shape index (κ2) is 8.33. The number of hydrogen-bond donors (Lipinski definition) is 0. The summed E-state index contributed by atoms with van der Waals surface area (Å²) in [6.07, 6.45) is 6.86. The quantitative estimate of drug-likeness (QED) is 0.171. The van der Waals surface area contributed by atoms with Crippen molar-refractivity contribution in [3.63, 3.8) is 0 Å². The molecule has 0 unspecified atom stereocenters. The van der Waals surface area contributed by atoms with Gasteiger partial charge >= 0.3 is 5.97 Å². The van der Waals surface area contributed by atoms with Crippen molar-refractivity contribution in [2.75, 3.05) is 6.54 Å². The van der Waals surface area contributed by atoms with Crippen LogP contribution in [-0.2, 0) is 13.7 Å². The first-order chi connectivity index (χ1) is 10.1. The number of hydrogen-bond acceptors (Lipinski definition) is 6. The first-order valence-corrected chi connectivity index (χ1v) is 10.3. The van der Waals surface area contributed by atoms with Crippen LogP contribution in [-0.4, -0.2) is 29.6 Å². The van der Waals surface area contributed by atoms with Gasteiger partial charge in [-0.15, -0.1) is 0 Å². The van der Waals surface area contributed by atoms with Crippen molar-refractivity contribution in [3.05, 3.63) is 22.3 Å². The Morgan fingerprint density at radius 2 is 2.33 bits per heavy atom. The van der Waals surface area contributed by atoms with E-state index in [1.807, 2.05) is 21.2 Å². The maximum Gasteiger partial charge on any atom is 0.306 e. The molecule has 118 valence electrons. The van der Waals surface area contributed by atoms with Gasteiger partial charge in [0.05, 0.1) is 21.2 Å². The Morgan fingerprint density at radius 3 is 3.05 bits per heavy atom. The number of esters is 1. The summed E-state index contributed by atoms with van der Waals surface area (Å²) < 4.78 is 11.1. The van der Waals surface area contributed by atoms with Crippen LogP contribution in [0.1, 0.15) is 32.1 Å². The molecular formula is C13H18INO5S. The maximum atomic E-state index is 11.8. The van der Waals surface area contributed by atoms with Gasteiger partial charge in [-0.3, -0.25) is 14.9 Å². The number of nitrogens with zero attached hydrogens (tertiary/aromatic N) is 1. The Labute approximate surface area is 140 Å². The summed E-state index contributed by atoms with van der Waals surface area (Å²) in [5.41, 5.74) is 0. The zero-order valence-corrected chi connectivity index (χ0v) is 14.5. The SMILES string of the molecule is O=C1CCC/C=C\C[C@@H]2[C@@H](C[N+](=O)[O-])[C@H](OSI)C[C@@H]2O1. The van der Waals surface area contributed by atoms with Gasteiger partial charge in [-0.05, 0) is 19.3 Å². The molecule has 8 heteroatoms. The van der Waals surface area contributed by atoms with E-state index in [-0.39, 0.29) is 41.5 Å². The summed E-state index contributed by atoms with van der Waals surface area (Å²) in [6.45, 7) is -0.144. The predicted molar refractivity (Wildman–Crippen MR) is 87.4 cm³/mol. The van der Waals surface area contributed by atoms with Gasteiger partial charge in [-0.25, -0.2) is 0 Å². The molecular weight excluding hydrogens is 409 g/mol. The largest absolute Gasteiger partial charge is 0.462 e. The van der Waals surface area contributed by atoms with E-state index in [4.69, 9.17) is 8.92 Å². The van der Waals surface area contributed by atoms with Crippen LogP contribution < -0.4 is 0 Å². The van der Waals surface area contributed by atoms with Crippen molar-refractivity contribution in [3.8, 4) is 0 Å². The predicted octanol–water partition coefficient (Wildman–Crippen LogP) is 3.32. The number of nitro groups is 1. The molecule has 2 rings (SSSR count). The molecule has 1 aliphatic heterocycles. The lowest BCUT2D eigenvalue weighted by Gasteiger charge is -2.23. The van der Waals surface area contributed by atoms with Gasteiger partial charge in [0, 0.05) is 44.9 Å². The second-order valence-electron chi connectivity index (χ2n) is 5.40. The zero-order valence-electron chi connectivity index (χ0n) is 11.5. The van der Waals surface area contributed by atoms with Crippen molar-refractivity contribution in [2.45, 2.75) is 44.3 Å². The van der Waals surface area contributed by atoms with E-state index < -0.39 is 0 Å². The molecule has 1 aliphatic carbocycles. The summed E-state index contributed by atoms with van der Waals surface area (Å²) >= 11 is 2.01. The zero-order chi connectivity index (χ0) is 15.2. The van der Waals surface area contributed by atoms with E-state index in [1.54, 1.807) is 0 Å². The standard InChI is InChI=1S/C13H18INO5S/c14-21-20-12-7-11-9(10(12)8-15(17)18)5-3-1-2-4-6-13(16)19-11/h1,3,9-12H,2,4-8H2/b3-1-/t9-,10-,11+,12-/m1/s1. The van der Waals surface area contributed by atoms with Crippen molar-refractivity contribution in [1.82, 2.24) is 0 Å². The molecule has 0 aromatic carbocycles. The van der Waals surface area contributed by atoms with Gasteiger partial charge in [0.15, 0.2) is 0 Å². The minimum absolute atomic E-state index is 0.0396. The van der Waals surface area contributed by atoms with E-state index in [9.17, 15) is 14.9 Å². The maximum absolute atomic E-state index is 11.8. The normalized spacial score (nSPS) is 34.8. The van der Waals surface area contributed by atoms with Crippen LogP contribution in [0.2, 0.25) is 0 Å². The van der Waals surface area contributed by atoms with E-state index >= 15 is 0 Å². The van der Waals surface area contributed by atoms with Gasteiger partial charge in [-0.1, -0.05) is 12.2 Å². The lowest BCUT2D eigenvalue weighted by Crippen LogP contribution is -2.30. The third-order valence-corrected chi connectivity index (χ3v) is 5.04. The van der Waals surface area contributed by atoms with Gasteiger partial charge < -0.3 is 8.92 Å². The van der Waals surface area contributed by atoms with E-state index in [1.165, 1.54) is 9.21 Å². The third kappa shape index (κ3) is 4.82. The highest BCUT2D eigenvalue weighted by Crippen LogP contribution is 2.41. The third-order valence-electron chi connectivity index (χ3n) is 4.10. The average molecular weight is 427 g/mol. The van der Waals surface area contributed by atoms with Crippen molar-refractivity contribution < 1.29 is 18.6 Å². The molecule has 1 saturated carbocycles. The molecule has 21 heavy (non-hydrogen) atoms. The molecule has 0 radical (unpaired) electrons. The van der Waals surface area contributed by atoms with Crippen molar-refractivity contribution in [2.24, 2.45) is 11.8 Å². The summed E-state index contributed by atoms with van der Waals surface area (Å²) in [4.78, 5) is 22.4. The summed E-state index contributed by atoms with van der Waals surface area (Å²) in [6, 6.07) is 0. The van der Waals surface area contributed by atoms with Gasteiger partial charge in [0.2, 0.25) is 6.54 Å². The summed E-state index contributed by atoms with van der Waals surface area (Å²) in [7, 11) is 1.18. The molecule has 0 amide bonds. The number of rotatable bonds is 4. The molecule has 2 aliphatic rings. The highest BCUT2D eigenvalue weighted by molar-refractivity contribution is 14.2. The Bertz CT molecular complexity index is 419. The number of halogens is 1. The molecule has 6 nitrogen and oxygen atoms in total. The van der Waals surface area contributed by atoms with E-state index in [0.717, 1.165) is 12.8 Å². The number of allylic oxidation sites excluding steroid dienone is 2. The van der Waals surface area contributed by atoms with Crippen LogP contribution in [0.15, 0.2) is 12.2 Å². The van der Waals surface area contributed by atoms with E-state index in [2.05, 4.69) is 12.2 Å². The Hall–Kier alpha value is -0.350. The first-order valence-electron chi connectivity index (χ1n) is 7.02. The monoisotopic (exact) mass is 427 g/mol. The first kappa shape index (κ1) is 17.0. The highest BCUT2D eigenvalue weighted by atomic mass is 127. The minimum atomic E-state index is -0.300. The summed E-state index contributed by atoms with van der Waals surface area (Å²) in [5.74, 6) is -0.464. The number of carbonyl (C=O) groups is 1. The van der Waals surface area contributed by atoms with Gasteiger partial charge in [0.25, 0.3) is 0 Å². The van der Waals surface area contributed by atoms with Crippen LogP contribution in [0.5, 0.6) is 0 Å². The molecule has 0 bridgehead atoms. The smallest absolute Gasteiger partial charge is 0.306 e. The molecule has 1 fully saturated rings. The lowest BCUT2D eigenvalue weighted by atomic mass is 9.90.